The fourth-order valence-corrected chi connectivity index (χ4v) is 1.83. The Morgan fingerprint density at radius 2 is 2.10 bits per heavy atom. The second-order valence-electron chi connectivity index (χ2n) is 4.43. The van der Waals surface area contributed by atoms with Gasteiger partial charge in [0.15, 0.2) is 5.76 Å². The highest BCUT2D eigenvalue weighted by molar-refractivity contribution is 5.62. The van der Waals surface area contributed by atoms with Crippen molar-refractivity contribution in [3.8, 4) is 11.3 Å². The van der Waals surface area contributed by atoms with Crippen LogP contribution in [0.25, 0.3) is 11.3 Å². The molecule has 0 radical (unpaired) electrons. The first-order valence-electron chi connectivity index (χ1n) is 6.22. The molecule has 0 saturated carbocycles. The summed E-state index contributed by atoms with van der Waals surface area (Å²) in [6, 6.07) is 2.28. The van der Waals surface area contributed by atoms with Gasteiger partial charge in [-0.3, -0.25) is 0 Å². The maximum atomic E-state index is 13.9. The lowest BCUT2D eigenvalue weighted by atomic mass is 10.1. The Balaban J connectivity index is 2.21. The molecule has 0 amide bonds. The zero-order valence-corrected chi connectivity index (χ0v) is 11.4. The quantitative estimate of drug-likeness (QED) is 0.827. The first-order chi connectivity index (χ1) is 9.63. The molecule has 1 aromatic carbocycles. The number of aromatic nitrogens is 1. The molecule has 0 aliphatic rings. The van der Waals surface area contributed by atoms with E-state index in [1.54, 1.807) is 7.11 Å². The van der Waals surface area contributed by atoms with Crippen molar-refractivity contribution in [3.63, 3.8) is 0 Å². The van der Waals surface area contributed by atoms with Crippen LogP contribution in [0.15, 0.2) is 22.9 Å². The third-order valence-corrected chi connectivity index (χ3v) is 2.94. The number of hydrogen-bond donors (Lipinski definition) is 1. The summed E-state index contributed by atoms with van der Waals surface area (Å²) < 4.78 is 37.5. The minimum Gasteiger partial charge on any atom is -0.383 e. The van der Waals surface area contributed by atoms with Crippen molar-refractivity contribution in [1.29, 1.82) is 0 Å². The molecule has 2 aromatic rings. The lowest BCUT2D eigenvalue weighted by Crippen LogP contribution is -2.18. The first kappa shape index (κ1) is 14.6. The van der Waals surface area contributed by atoms with E-state index in [-0.39, 0.29) is 16.9 Å². The predicted octanol–water partition coefficient (Wildman–Crippen LogP) is 2.66. The first-order valence-corrected chi connectivity index (χ1v) is 6.22. The van der Waals surface area contributed by atoms with E-state index >= 15 is 0 Å². The summed E-state index contributed by atoms with van der Waals surface area (Å²) in [4.78, 5) is 0. The van der Waals surface area contributed by atoms with Crippen molar-refractivity contribution in [1.82, 2.24) is 10.5 Å². The van der Waals surface area contributed by atoms with Crippen LogP contribution in [0.3, 0.4) is 0 Å². The molecule has 0 fully saturated rings. The van der Waals surface area contributed by atoms with Gasteiger partial charge in [-0.05, 0) is 24.6 Å². The number of ether oxygens (including phenoxy) is 1. The second kappa shape index (κ2) is 6.58. The Morgan fingerprint density at radius 1 is 1.30 bits per heavy atom. The molecular weight excluding hydrogens is 266 g/mol. The lowest BCUT2D eigenvalue weighted by molar-refractivity contribution is 0.199. The summed E-state index contributed by atoms with van der Waals surface area (Å²) in [6.45, 7) is 3.16. The van der Waals surface area contributed by atoms with Gasteiger partial charge in [0, 0.05) is 25.8 Å². The minimum absolute atomic E-state index is 0.0779. The van der Waals surface area contributed by atoms with E-state index in [0.717, 1.165) is 12.1 Å². The highest BCUT2D eigenvalue weighted by Gasteiger charge is 2.16. The third-order valence-electron chi connectivity index (χ3n) is 2.94. The van der Waals surface area contributed by atoms with Gasteiger partial charge in [0.05, 0.1) is 18.4 Å². The number of hydrogen-bond acceptors (Lipinski definition) is 4. The summed E-state index contributed by atoms with van der Waals surface area (Å²) in [5.41, 5.74) is 1.00. The monoisotopic (exact) mass is 282 g/mol. The summed E-state index contributed by atoms with van der Waals surface area (Å²) in [5, 5.41) is 6.76. The predicted molar refractivity (Wildman–Crippen MR) is 70.2 cm³/mol. The van der Waals surface area contributed by atoms with Crippen LogP contribution in [0, 0.1) is 18.6 Å². The van der Waals surface area contributed by atoms with E-state index in [9.17, 15) is 8.78 Å². The Bertz CT molecular complexity index is 585. The molecule has 0 aliphatic heterocycles. The fourth-order valence-electron chi connectivity index (χ4n) is 1.83. The van der Waals surface area contributed by atoms with Crippen LogP contribution >= 0.6 is 0 Å². The number of methoxy groups -OCH3 is 1. The van der Waals surface area contributed by atoms with E-state index in [0.29, 0.717) is 25.3 Å². The highest BCUT2D eigenvalue weighted by Crippen LogP contribution is 2.28. The summed E-state index contributed by atoms with van der Waals surface area (Å²) in [6.07, 6.45) is 1.49. The van der Waals surface area contributed by atoms with Crippen LogP contribution < -0.4 is 5.32 Å². The van der Waals surface area contributed by atoms with Crippen molar-refractivity contribution in [3.05, 3.63) is 41.1 Å². The molecule has 0 spiro atoms. The van der Waals surface area contributed by atoms with E-state index < -0.39 is 11.6 Å². The molecule has 0 saturated heterocycles. The van der Waals surface area contributed by atoms with Crippen LogP contribution in [0.4, 0.5) is 8.78 Å². The Kier molecular flexibility index (Phi) is 4.81. The van der Waals surface area contributed by atoms with E-state index in [4.69, 9.17) is 9.26 Å². The van der Waals surface area contributed by atoms with Crippen LogP contribution in [0.2, 0.25) is 0 Å². The van der Waals surface area contributed by atoms with Gasteiger partial charge < -0.3 is 14.6 Å². The van der Waals surface area contributed by atoms with Gasteiger partial charge in [0.2, 0.25) is 0 Å². The van der Waals surface area contributed by atoms with Crippen molar-refractivity contribution in [2.75, 3.05) is 20.3 Å². The molecule has 20 heavy (non-hydrogen) atoms. The van der Waals surface area contributed by atoms with Crippen LogP contribution in [0.5, 0.6) is 0 Å². The molecule has 2 rings (SSSR count). The molecule has 0 atom stereocenters. The van der Waals surface area contributed by atoms with Crippen molar-refractivity contribution < 1.29 is 18.0 Å². The van der Waals surface area contributed by atoms with Gasteiger partial charge >= 0.3 is 0 Å². The SMILES string of the molecule is COCCNCc1cnoc1-c1cc(F)c(C)cc1F. The van der Waals surface area contributed by atoms with E-state index in [1.165, 1.54) is 13.1 Å². The fraction of sp³-hybridized carbons (Fsp3) is 0.357. The van der Waals surface area contributed by atoms with Crippen LogP contribution in [0.1, 0.15) is 11.1 Å². The van der Waals surface area contributed by atoms with E-state index in [1.807, 2.05) is 0 Å². The summed E-state index contributed by atoms with van der Waals surface area (Å²) >= 11 is 0. The largest absolute Gasteiger partial charge is 0.383 e. The maximum absolute atomic E-state index is 13.9. The molecule has 0 bridgehead atoms. The third kappa shape index (κ3) is 3.20. The summed E-state index contributed by atoms with van der Waals surface area (Å²) in [5.74, 6) is -0.763. The molecule has 4 nitrogen and oxygen atoms in total. The Morgan fingerprint density at radius 3 is 2.85 bits per heavy atom. The zero-order chi connectivity index (χ0) is 14.5. The van der Waals surface area contributed by atoms with Crippen LogP contribution in [-0.2, 0) is 11.3 Å². The van der Waals surface area contributed by atoms with Crippen molar-refractivity contribution >= 4 is 0 Å². The molecule has 1 N–H and O–H groups in total. The standard InChI is InChI=1S/C14H16F2N2O2/c1-9-5-13(16)11(6-12(9)15)14-10(8-18-20-14)7-17-3-4-19-2/h5-6,8,17H,3-4,7H2,1-2H3. The van der Waals surface area contributed by atoms with E-state index in [2.05, 4.69) is 10.5 Å². The van der Waals surface area contributed by atoms with Gasteiger partial charge in [0.25, 0.3) is 0 Å². The number of halogens is 2. The number of aryl methyl sites for hydroxylation is 1. The second-order valence-corrected chi connectivity index (χ2v) is 4.43. The number of rotatable bonds is 6. The van der Waals surface area contributed by atoms with Crippen LogP contribution in [-0.4, -0.2) is 25.4 Å². The van der Waals surface area contributed by atoms with Gasteiger partial charge in [0.1, 0.15) is 11.6 Å². The van der Waals surface area contributed by atoms with Gasteiger partial charge in [-0.25, -0.2) is 8.78 Å². The molecule has 1 aromatic heterocycles. The molecule has 1 heterocycles. The average molecular weight is 282 g/mol. The number of benzene rings is 1. The van der Waals surface area contributed by atoms with Crippen molar-refractivity contribution in [2.45, 2.75) is 13.5 Å². The maximum Gasteiger partial charge on any atom is 0.174 e. The highest BCUT2D eigenvalue weighted by atomic mass is 19.1. The molecule has 6 heteroatoms. The molecule has 0 unspecified atom stereocenters. The lowest BCUT2D eigenvalue weighted by Gasteiger charge is -2.06. The Labute approximate surface area is 115 Å². The molecule has 0 aliphatic carbocycles. The number of nitrogens with one attached hydrogen (secondary N) is 1. The van der Waals surface area contributed by atoms with Crippen molar-refractivity contribution in [2.24, 2.45) is 0 Å². The molecular formula is C14H16F2N2O2. The topological polar surface area (TPSA) is 47.3 Å². The zero-order valence-electron chi connectivity index (χ0n) is 11.4. The smallest absolute Gasteiger partial charge is 0.174 e. The van der Waals surface area contributed by atoms with Gasteiger partial charge in [-0.15, -0.1) is 0 Å². The Hall–Kier alpha value is -1.79. The van der Waals surface area contributed by atoms with Gasteiger partial charge in [-0.2, -0.15) is 0 Å². The number of nitrogens with zero attached hydrogens (tertiary/aromatic N) is 1. The summed E-state index contributed by atoms with van der Waals surface area (Å²) in [7, 11) is 1.61. The molecule has 108 valence electrons. The average Bonchev–Trinajstić information content (AvgIpc) is 2.87. The minimum atomic E-state index is -0.529. The van der Waals surface area contributed by atoms with Gasteiger partial charge in [-0.1, -0.05) is 5.16 Å². The normalized spacial score (nSPS) is 11.0.